The van der Waals surface area contributed by atoms with Crippen molar-refractivity contribution in [1.29, 1.82) is 0 Å². The molecule has 1 radical (unpaired) electrons. The SMILES string of the molecule is C[Si](C)(C)c1ccc2c(c1)c1ccc[c-]c1c1nccn21.Cc1cccc(-c2[c-]cc(F)cc2)n1.[Ir]. The first kappa shape index (κ1) is 25.9. The van der Waals surface area contributed by atoms with Crippen LogP contribution in [0.2, 0.25) is 19.6 Å². The second-order valence-electron chi connectivity index (χ2n) is 9.65. The van der Waals surface area contributed by atoms with E-state index >= 15 is 0 Å². The van der Waals surface area contributed by atoms with Crippen molar-refractivity contribution in [1.82, 2.24) is 14.4 Å². The van der Waals surface area contributed by atoms with Crippen molar-refractivity contribution < 1.29 is 24.5 Å². The van der Waals surface area contributed by atoms with Crippen LogP contribution in [0.4, 0.5) is 4.39 Å². The zero-order valence-corrected chi connectivity index (χ0v) is 24.0. The monoisotopic (exact) mass is 668 g/mol. The number of halogens is 1. The summed E-state index contributed by atoms with van der Waals surface area (Å²) in [6.07, 6.45) is 3.90. The third-order valence-electron chi connectivity index (χ3n) is 6.07. The second-order valence-corrected chi connectivity index (χ2v) is 14.7. The van der Waals surface area contributed by atoms with Gasteiger partial charge in [0.15, 0.2) is 0 Å². The van der Waals surface area contributed by atoms with Crippen LogP contribution in [0.3, 0.4) is 0 Å². The summed E-state index contributed by atoms with van der Waals surface area (Å²) in [7, 11) is -1.32. The summed E-state index contributed by atoms with van der Waals surface area (Å²) in [4.78, 5) is 8.83. The minimum absolute atomic E-state index is 0. The van der Waals surface area contributed by atoms with E-state index in [1.165, 1.54) is 33.6 Å². The number of aromatic nitrogens is 3. The van der Waals surface area contributed by atoms with E-state index in [-0.39, 0.29) is 25.9 Å². The number of imidazole rings is 1. The summed E-state index contributed by atoms with van der Waals surface area (Å²) in [5.74, 6) is -0.276. The Kier molecular flexibility index (Phi) is 7.50. The first-order chi connectivity index (χ1) is 16.8. The average molecular weight is 668 g/mol. The molecule has 3 heterocycles. The number of aryl methyl sites for hydroxylation is 1. The van der Waals surface area contributed by atoms with E-state index in [9.17, 15) is 4.39 Å². The van der Waals surface area contributed by atoms with Crippen molar-refractivity contribution in [3.8, 4) is 11.3 Å². The third kappa shape index (κ3) is 5.17. The molecule has 0 atom stereocenters. The number of hydrogen-bond donors (Lipinski definition) is 0. The zero-order chi connectivity index (χ0) is 24.6. The molecule has 6 heteroatoms. The largest absolute Gasteiger partial charge is 0.340 e. The average Bonchev–Trinajstić information content (AvgIpc) is 3.35. The Morgan fingerprint density at radius 2 is 1.75 bits per heavy atom. The number of pyridine rings is 2. The molecule has 183 valence electrons. The van der Waals surface area contributed by atoms with Crippen molar-refractivity contribution in [3.63, 3.8) is 0 Å². The predicted octanol–water partition coefficient (Wildman–Crippen LogP) is 6.98. The zero-order valence-electron chi connectivity index (χ0n) is 20.6. The molecule has 0 aliphatic carbocycles. The van der Waals surface area contributed by atoms with Gasteiger partial charge in [0.25, 0.3) is 0 Å². The van der Waals surface area contributed by atoms with Crippen LogP contribution in [0.1, 0.15) is 5.69 Å². The van der Waals surface area contributed by atoms with Gasteiger partial charge in [-0.2, -0.15) is 0 Å². The molecule has 3 aromatic carbocycles. The molecule has 0 spiro atoms. The van der Waals surface area contributed by atoms with Crippen LogP contribution < -0.4 is 5.19 Å². The van der Waals surface area contributed by atoms with Crippen molar-refractivity contribution >= 4 is 40.6 Å². The van der Waals surface area contributed by atoms with Crippen molar-refractivity contribution in [2.24, 2.45) is 0 Å². The van der Waals surface area contributed by atoms with Gasteiger partial charge in [-0.15, -0.1) is 59.5 Å². The molecule has 0 aliphatic rings. The molecule has 0 N–H and O–H groups in total. The van der Waals surface area contributed by atoms with E-state index in [0.29, 0.717) is 0 Å². The van der Waals surface area contributed by atoms with Gasteiger partial charge in [-0.1, -0.05) is 54.5 Å². The predicted molar refractivity (Wildman–Crippen MR) is 145 cm³/mol. The van der Waals surface area contributed by atoms with Gasteiger partial charge in [0, 0.05) is 49.5 Å². The molecule has 0 saturated carbocycles. The van der Waals surface area contributed by atoms with Crippen LogP contribution in [-0.4, -0.2) is 22.4 Å². The van der Waals surface area contributed by atoms with E-state index in [2.05, 4.69) is 76.5 Å². The standard InChI is InChI=1S/C18H17N2Si.C12H9FN.Ir/c1-21(2,3)13-8-9-17-16(12-13)14-6-4-5-7-15(14)18-19-10-11-20(17)18;1-9-3-2-4-12(14-9)10-5-7-11(13)8-6-10;/h4-6,8-12H,1-3H3;2-5,7-8H,1H3;/q2*-1;. The van der Waals surface area contributed by atoms with Crippen LogP contribution in [0.5, 0.6) is 0 Å². The van der Waals surface area contributed by atoms with Gasteiger partial charge < -0.3 is 9.38 Å². The van der Waals surface area contributed by atoms with Gasteiger partial charge in [-0.3, -0.25) is 9.37 Å². The van der Waals surface area contributed by atoms with Crippen molar-refractivity contribution in [3.05, 3.63) is 109 Å². The molecule has 3 nitrogen and oxygen atoms in total. The van der Waals surface area contributed by atoms with Crippen LogP contribution in [0, 0.1) is 24.9 Å². The molecule has 6 rings (SSSR count). The first-order valence-corrected chi connectivity index (χ1v) is 15.1. The number of fused-ring (bicyclic) bond motifs is 6. The number of hydrogen-bond acceptors (Lipinski definition) is 2. The van der Waals surface area contributed by atoms with Crippen molar-refractivity contribution in [2.45, 2.75) is 26.6 Å². The maximum absolute atomic E-state index is 12.6. The maximum atomic E-state index is 12.6. The Morgan fingerprint density at radius 1 is 0.917 bits per heavy atom. The van der Waals surface area contributed by atoms with Crippen LogP contribution in [0.25, 0.3) is 38.6 Å². The molecule has 3 aromatic heterocycles. The van der Waals surface area contributed by atoms with Crippen LogP contribution in [-0.2, 0) is 20.1 Å². The van der Waals surface area contributed by atoms with Gasteiger partial charge in [0.2, 0.25) is 0 Å². The maximum Gasteiger partial charge on any atom is 0.0775 e. The third-order valence-corrected chi connectivity index (χ3v) is 8.11. The quantitative estimate of drug-likeness (QED) is 0.113. The fraction of sp³-hybridized carbons (Fsp3) is 0.133. The molecule has 0 amide bonds. The Morgan fingerprint density at radius 3 is 2.47 bits per heavy atom. The molecular formula is C30H26FIrN3Si-2. The van der Waals surface area contributed by atoms with Crippen molar-refractivity contribution in [2.75, 3.05) is 0 Å². The summed E-state index contributed by atoms with van der Waals surface area (Å²) < 4.78 is 14.8. The minimum Gasteiger partial charge on any atom is -0.340 e. The topological polar surface area (TPSA) is 30.2 Å². The molecule has 6 aromatic rings. The molecule has 0 unspecified atom stereocenters. The number of benzene rings is 3. The van der Waals surface area contributed by atoms with E-state index in [1.807, 2.05) is 43.6 Å². The number of nitrogens with zero attached hydrogens (tertiary/aromatic N) is 3. The Hall–Kier alpha value is -3.18. The Balaban J connectivity index is 0.000000178. The summed E-state index contributed by atoms with van der Waals surface area (Å²) in [5.41, 5.74) is 4.79. The van der Waals surface area contributed by atoms with Gasteiger partial charge in [0.05, 0.1) is 13.7 Å². The summed E-state index contributed by atoms with van der Waals surface area (Å²) >= 11 is 0. The van der Waals surface area contributed by atoms with Crippen LogP contribution in [0.15, 0.2) is 85.2 Å². The van der Waals surface area contributed by atoms with Crippen LogP contribution >= 0.6 is 0 Å². The summed E-state index contributed by atoms with van der Waals surface area (Å²) in [6, 6.07) is 29.4. The van der Waals surface area contributed by atoms with Gasteiger partial charge in [-0.25, -0.2) is 0 Å². The van der Waals surface area contributed by atoms with E-state index in [4.69, 9.17) is 0 Å². The normalized spacial score (nSPS) is 11.2. The van der Waals surface area contributed by atoms with Gasteiger partial charge >= 0.3 is 0 Å². The van der Waals surface area contributed by atoms with E-state index in [1.54, 1.807) is 6.07 Å². The van der Waals surface area contributed by atoms with E-state index < -0.39 is 8.07 Å². The molecule has 0 fully saturated rings. The molecule has 0 aliphatic heterocycles. The second kappa shape index (κ2) is 10.4. The first-order valence-electron chi connectivity index (χ1n) is 11.6. The molecule has 0 saturated heterocycles. The molecular weight excluding hydrogens is 642 g/mol. The number of rotatable bonds is 2. The molecule has 0 bridgehead atoms. The Bertz CT molecular complexity index is 1650. The molecule has 36 heavy (non-hydrogen) atoms. The Labute approximate surface area is 225 Å². The summed E-state index contributed by atoms with van der Waals surface area (Å²) in [6.45, 7) is 9.09. The fourth-order valence-electron chi connectivity index (χ4n) is 4.22. The fourth-order valence-corrected chi connectivity index (χ4v) is 5.38. The minimum atomic E-state index is -1.32. The summed E-state index contributed by atoms with van der Waals surface area (Å²) in [5, 5.41) is 5.13. The van der Waals surface area contributed by atoms with Gasteiger partial charge in [-0.05, 0) is 30.1 Å². The van der Waals surface area contributed by atoms with E-state index in [0.717, 1.165) is 28.0 Å². The smallest absolute Gasteiger partial charge is 0.0775 e. The van der Waals surface area contributed by atoms with Gasteiger partial charge in [0.1, 0.15) is 0 Å².